The first-order valence-corrected chi connectivity index (χ1v) is 6.94. The highest BCUT2D eigenvalue weighted by atomic mass is 79.9. The van der Waals surface area contributed by atoms with Gasteiger partial charge < -0.3 is 14.2 Å². The minimum Gasteiger partial charge on any atom is -0.493 e. The fraction of sp³-hybridized carbons (Fsp3) is 0.167. The Morgan fingerprint density at radius 1 is 1.11 bits per heavy atom. The summed E-state index contributed by atoms with van der Waals surface area (Å²) in [7, 11) is 1.58. The number of hydrogen-bond acceptors (Lipinski definition) is 5. The molecule has 7 heteroatoms. The lowest BCUT2D eigenvalue weighted by atomic mass is 10.1. The first kappa shape index (κ1) is 12.7. The van der Waals surface area contributed by atoms with Crippen LogP contribution in [0.2, 0.25) is 0 Å². The van der Waals surface area contributed by atoms with Crippen molar-refractivity contribution < 1.29 is 14.2 Å². The summed E-state index contributed by atoms with van der Waals surface area (Å²) >= 11 is 6.68. The lowest BCUT2D eigenvalue weighted by Gasteiger charge is -2.08. The van der Waals surface area contributed by atoms with Crippen LogP contribution in [-0.4, -0.2) is 23.9 Å². The maximum Gasteiger partial charge on any atom is 0.231 e. The Morgan fingerprint density at radius 2 is 1.84 bits per heavy atom. The van der Waals surface area contributed by atoms with Crippen molar-refractivity contribution in [2.75, 3.05) is 13.9 Å². The molecule has 3 rings (SSSR count). The number of benzene rings is 1. The number of rotatable bonds is 2. The standard InChI is InChI=1S/C12H8Br2N2O3/c1-17-7-2-6(3-8-11(7)19-5-18-8)12-15-9(13)4-10(14)16-12/h2-4H,5H2,1H3. The molecule has 0 fully saturated rings. The van der Waals surface area contributed by atoms with Gasteiger partial charge in [-0.05, 0) is 44.0 Å². The molecule has 1 aliphatic rings. The van der Waals surface area contributed by atoms with Crippen LogP contribution in [0.4, 0.5) is 0 Å². The van der Waals surface area contributed by atoms with E-state index < -0.39 is 0 Å². The van der Waals surface area contributed by atoms with Gasteiger partial charge in [0.1, 0.15) is 9.21 Å². The van der Waals surface area contributed by atoms with Gasteiger partial charge in [-0.25, -0.2) is 9.97 Å². The molecule has 1 aliphatic heterocycles. The average molecular weight is 388 g/mol. The van der Waals surface area contributed by atoms with Gasteiger partial charge in [0, 0.05) is 11.6 Å². The van der Waals surface area contributed by atoms with Crippen LogP contribution >= 0.6 is 31.9 Å². The zero-order chi connectivity index (χ0) is 13.4. The molecular weight excluding hydrogens is 380 g/mol. The molecule has 1 aromatic heterocycles. The molecule has 19 heavy (non-hydrogen) atoms. The maximum absolute atomic E-state index is 5.38. The number of nitrogens with zero attached hydrogens (tertiary/aromatic N) is 2. The van der Waals surface area contributed by atoms with E-state index >= 15 is 0 Å². The van der Waals surface area contributed by atoms with E-state index in [0.29, 0.717) is 32.3 Å². The first-order valence-electron chi connectivity index (χ1n) is 5.35. The summed E-state index contributed by atoms with van der Waals surface area (Å²) in [6, 6.07) is 5.43. The van der Waals surface area contributed by atoms with Crippen LogP contribution < -0.4 is 14.2 Å². The highest BCUT2D eigenvalue weighted by Crippen LogP contribution is 2.43. The lowest BCUT2D eigenvalue weighted by molar-refractivity contribution is 0.171. The van der Waals surface area contributed by atoms with E-state index in [-0.39, 0.29) is 6.79 Å². The van der Waals surface area contributed by atoms with Crippen molar-refractivity contribution in [1.82, 2.24) is 9.97 Å². The Morgan fingerprint density at radius 3 is 2.53 bits per heavy atom. The second-order valence-electron chi connectivity index (χ2n) is 3.75. The Bertz CT molecular complexity index is 629. The monoisotopic (exact) mass is 386 g/mol. The van der Waals surface area contributed by atoms with Gasteiger partial charge in [-0.15, -0.1) is 0 Å². The predicted molar refractivity (Wildman–Crippen MR) is 75.5 cm³/mol. The number of fused-ring (bicyclic) bond motifs is 1. The number of hydrogen-bond donors (Lipinski definition) is 0. The molecule has 2 heterocycles. The van der Waals surface area contributed by atoms with Crippen LogP contribution in [0.5, 0.6) is 17.2 Å². The molecule has 0 bridgehead atoms. The van der Waals surface area contributed by atoms with Crippen molar-refractivity contribution in [2.24, 2.45) is 0 Å². The SMILES string of the molecule is COc1cc(-c2nc(Br)cc(Br)n2)cc2c1OCO2. The fourth-order valence-electron chi connectivity index (χ4n) is 1.78. The van der Waals surface area contributed by atoms with E-state index in [4.69, 9.17) is 14.2 Å². The summed E-state index contributed by atoms with van der Waals surface area (Å²) in [5, 5.41) is 0. The molecule has 1 aromatic carbocycles. The van der Waals surface area contributed by atoms with Gasteiger partial charge in [0.05, 0.1) is 7.11 Å². The van der Waals surface area contributed by atoms with Gasteiger partial charge >= 0.3 is 0 Å². The maximum atomic E-state index is 5.38. The number of aromatic nitrogens is 2. The number of methoxy groups -OCH3 is 1. The van der Waals surface area contributed by atoms with E-state index in [1.54, 1.807) is 13.2 Å². The summed E-state index contributed by atoms with van der Waals surface area (Å²) in [6.45, 7) is 0.193. The summed E-state index contributed by atoms with van der Waals surface area (Å²) < 4.78 is 17.4. The van der Waals surface area contributed by atoms with Crippen LogP contribution in [0.1, 0.15) is 0 Å². The Kier molecular flexibility index (Phi) is 3.32. The molecule has 0 saturated carbocycles. The third-order valence-corrected chi connectivity index (χ3v) is 3.39. The number of halogens is 2. The van der Waals surface area contributed by atoms with E-state index in [9.17, 15) is 0 Å². The summed E-state index contributed by atoms with van der Waals surface area (Å²) in [5.74, 6) is 2.41. The third kappa shape index (κ3) is 2.40. The molecule has 0 unspecified atom stereocenters. The average Bonchev–Trinajstić information content (AvgIpc) is 2.84. The van der Waals surface area contributed by atoms with Crippen molar-refractivity contribution >= 4 is 31.9 Å². The second-order valence-corrected chi connectivity index (χ2v) is 5.37. The van der Waals surface area contributed by atoms with E-state index in [1.165, 1.54) is 0 Å². The molecule has 5 nitrogen and oxygen atoms in total. The van der Waals surface area contributed by atoms with Crippen LogP contribution in [0.3, 0.4) is 0 Å². The minimum atomic E-state index is 0.193. The van der Waals surface area contributed by atoms with Crippen LogP contribution in [0.25, 0.3) is 11.4 Å². The van der Waals surface area contributed by atoms with Crippen molar-refractivity contribution in [3.05, 3.63) is 27.4 Å². The molecular formula is C12H8Br2N2O3. The van der Waals surface area contributed by atoms with Crippen molar-refractivity contribution in [2.45, 2.75) is 0 Å². The van der Waals surface area contributed by atoms with Gasteiger partial charge in [0.25, 0.3) is 0 Å². The zero-order valence-corrected chi connectivity index (χ0v) is 13.0. The normalized spacial score (nSPS) is 12.6. The van der Waals surface area contributed by atoms with Gasteiger partial charge in [0.15, 0.2) is 17.3 Å². The van der Waals surface area contributed by atoms with E-state index in [1.807, 2.05) is 12.1 Å². The highest BCUT2D eigenvalue weighted by molar-refractivity contribution is 9.11. The van der Waals surface area contributed by atoms with Gasteiger partial charge in [-0.3, -0.25) is 0 Å². The van der Waals surface area contributed by atoms with Crippen LogP contribution in [-0.2, 0) is 0 Å². The van der Waals surface area contributed by atoms with Crippen LogP contribution in [0, 0.1) is 0 Å². The van der Waals surface area contributed by atoms with Gasteiger partial charge in [0.2, 0.25) is 12.5 Å². The minimum absolute atomic E-state index is 0.193. The molecule has 0 saturated heterocycles. The smallest absolute Gasteiger partial charge is 0.231 e. The van der Waals surface area contributed by atoms with Crippen LogP contribution in [0.15, 0.2) is 27.4 Å². The molecule has 0 radical (unpaired) electrons. The topological polar surface area (TPSA) is 53.5 Å². The summed E-state index contributed by atoms with van der Waals surface area (Å²) in [6.07, 6.45) is 0. The Hall–Kier alpha value is -1.34. The molecule has 2 aromatic rings. The van der Waals surface area contributed by atoms with Gasteiger partial charge in [-0.1, -0.05) is 0 Å². The summed E-state index contributed by atoms with van der Waals surface area (Å²) in [4.78, 5) is 8.66. The van der Waals surface area contributed by atoms with E-state index in [2.05, 4.69) is 41.8 Å². The molecule has 0 spiro atoms. The number of ether oxygens (including phenoxy) is 3. The first-order chi connectivity index (χ1) is 9.17. The van der Waals surface area contributed by atoms with Crippen molar-refractivity contribution in [1.29, 1.82) is 0 Å². The third-order valence-electron chi connectivity index (χ3n) is 2.58. The molecule has 98 valence electrons. The Labute approximate surface area is 126 Å². The molecule has 0 aliphatic carbocycles. The zero-order valence-electron chi connectivity index (χ0n) is 9.81. The van der Waals surface area contributed by atoms with Crippen molar-refractivity contribution in [3.8, 4) is 28.6 Å². The highest BCUT2D eigenvalue weighted by Gasteiger charge is 2.21. The second kappa shape index (κ2) is 4.97. The largest absolute Gasteiger partial charge is 0.493 e. The van der Waals surface area contributed by atoms with Gasteiger partial charge in [-0.2, -0.15) is 0 Å². The molecule has 0 N–H and O–H groups in total. The van der Waals surface area contributed by atoms with E-state index in [0.717, 1.165) is 5.56 Å². The summed E-state index contributed by atoms with van der Waals surface area (Å²) in [5.41, 5.74) is 0.795. The molecule has 0 atom stereocenters. The predicted octanol–water partition coefficient (Wildman–Crippen LogP) is 3.41. The Balaban J connectivity index is 2.15. The quantitative estimate of drug-likeness (QED) is 0.739. The lowest BCUT2D eigenvalue weighted by Crippen LogP contribution is -1.93. The fourth-order valence-corrected chi connectivity index (χ4v) is 2.85. The van der Waals surface area contributed by atoms with Crippen molar-refractivity contribution in [3.63, 3.8) is 0 Å². The molecule has 0 amide bonds.